The number of methoxy groups -OCH3 is 1. The first kappa shape index (κ1) is 19.1. The lowest BCUT2D eigenvalue weighted by Crippen LogP contribution is -2.37. The zero-order valence-corrected chi connectivity index (χ0v) is 14.4. The van der Waals surface area contributed by atoms with Crippen LogP contribution in [0.4, 0.5) is 0 Å². The molecule has 0 aliphatic rings. The first-order chi connectivity index (χ1) is 10.7. The van der Waals surface area contributed by atoms with E-state index in [1.54, 1.807) is 6.92 Å². The first-order valence-corrected chi connectivity index (χ1v) is 8.84. The Labute approximate surface area is 135 Å². The Bertz CT molecular complexity index is 683. The van der Waals surface area contributed by atoms with Crippen LogP contribution in [0.15, 0.2) is 23.1 Å². The maximum Gasteiger partial charge on any atom is 0.339 e. The molecule has 0 fully saturated rings. The number of carbonyl (C=O) groups excluding carboxylic acids is 2. The van der Waals surface area contributed by atoms with Crippen LogP contribution in [0.25, 0.3) is 0 Å². The second-order valence-electron chi connectivity index (χ2n) is 5.08. The van der Waals surface area contributed by atoms with E-state index in [1.165, 1.54) is 32.2 Å². The van der Waals surface area contributed by atoms with E-state index < -0.39 is 27.8 Å². The number of hydrogen-bond acceptors (Lipinski definition) is 6. The number of esters is 1. The van der Waals surface area contributed by atoms with E-state index in [4.69, 9.17) is 9.47 Å². The largest absolute Gasteiger partial charge is 0.449 e. The standard InChI is InChI=1S/C15H21NO6S/c1-10-5-6-12(23(4,19)20)9-13(10)15(18)22-11(2)14(17)16-7-8-21-3/h5-6,9,11H,7-8H2,1-4H3,(H,16,17)/t11-/m1/s1. The molecular formula is C15H21NO6S. The van der Waals surface area contributed by atoms with Gasteiger partial charge in [0.1, 0.15) is 0 Å². The van der Waals surface area contributed by atoms with Crippen molar-refractivity contribution in [2.75, 3.05) is 26.5 Å². The van der Waals surface area contributed by atoms with Crippen LogP contribution in [0.5, 0.6) is 0 Å². The summed E-state index contributed by atoms with van der Waals surface area (Å²) < 4.78 is 33.0. The fourth-order valence-electron chi connectivity index (χ4n) is 1.75. The van der Waals surface area contributed by atoms with Gasteiger partial charge in [0.2, 0.25) is 0 Å². The third kappa shape index (κ3) is 5.65. The molecule has 7 nitrogen and oxygen atoms in total. The highest BCUT2D eigenvalue weighted by molar-refractivity contribution is 7.90. The van der Waals surface area contributed by atoms with E-state index in [9.17, 15) is 18.0 Å². The van der Waals surface area contributed by atoms with Gasteiger partial charge in [-0.2, -0.15) is 0 Å². The summed E-state index contributed by atoms with van der Waals surface area (Å²) in [6, 6.07) is 4.20. The molecule has 1 amide bonds. The van der Waals surface area contributed by atoms with Crippen LogP contribution in [0.1, 0.15) is 22.8 Å². The molecule has 0 aromatic heterocycles. The maximum absolute atomic E-state index is 12.2. The summed E-state index contributed by atoms with van der Waals surface area (Å²) in [5.74, 6) is -1.20. The Morgan fingerprint density at radius 1 is 1.30 bits per heavy atom. The average Bonchev–Trinajstić information content (AvgIpc) is 2.46. The van der Waals surface area contributed by atoms with Crippen molar-refractivity contribution in [3.05, 3.63) is 29.3 Å². The minimum atomic E-state index is -3.44. The number of rotatable bonds is 7. The highest BCUT2D eigenvalue weighted by Crippen LogP contribution is 2.17. The number of sulfone groups is 1. The lowest BCUT2D eigenvalue weighted by molar-refractivity contribution is -0.129. The molecule has 1 atom stereocenters. The molecule has 0 radical (unpaired) electrons. The van der Waals surface area contributed by atoms with Crippen LogP contribution in [-0.2, 0) is 24.1 Å². The quantitative estimate of drug-likeness (QED) is 0.578. The minimum Gasteiger partial charge on any atom is -0.449 e. The van der Waals surface area contributed by atoms with Gasteiger partial charge in [-0.1, -0.05) is 6.07 Å². The molecule has 1 N–H and O–H groups in total. The molecule has 0 spiro atoms. The van der Waals surface area contributed by atoms with Crippen molar-refractivity contribution in [2.45, 2.75) is 24.8 Å². The van der Waals surface area contributed by atoms with E-state index in [1.807, 2.05) is 0 Å². The lowest BCUT2D eigenvalue weighted by atomic mass is 10.1. The van der Waals surface area contributed by atoms with Gasteiger partial charge >= 0.3 is 5.97 Å². The number of ether oxygens (including phenoxy) is 2. The van der Waals surface area contributed by atoms with Crippen LogP contribution in [0.3, 0.4) is 0 Å². The molecule has 0 aliphatic heterocycles. The molecule has 23 heavy (non-hydrogen) atoms. The van der Waals surface area contributed by atoms with Crippen molar-refractivity contribution < 1.29 is 27.5 Å². The van der Waals surface area contributed by atoms with Gasteiger partial charge in [0.25, 0.3) is 5.91 Å². The first-order valence-electron chi connectivity index (χ1n) is 6.95. The Kier molecular flexibility index (Phi) is 6.71. The van der Waals surface area contributed by atoms with Gasteiger partial charge in [-0.3, -0.25) is 4.79 Å². The van der Waals surface area contributed by atoms with Crippen LogP contribution in [0.2, 0.25) is 0 Å². The van der Waals surface area contributed by atoms with Gasteiger partial charge < -0.3 is 14.8 Å². The SMILES string of the molecule is COCCNC(=O)[C@@H](C)OC(=O)c1cc(S(C)(=O)=O)ccc1C. The summed E-state index contributed by atoms with van der Waals surface area (Å²) in [5, 5.41) is 2.55. The summed E-state index contributed by atoms with van der Waals surface area (Å²) in [5.41, 5.74) is 0.679. The molecule has 1 aromatic carbocycles. The van der Waals surface area contributed by atoms with Crippen molar-refractivity contribution in [3.63, 3.8) is 0 Å². The molecule has 1 rings (SSSR count). The number of aryl methyl sites for hydroxylation is 1. The number of benzene rings is 1. The van der Waals surface area contributed by atoms with E-state index in [2.05, 4.69) is 5.32 Å². The zero-order chi connectivity index (χ0) is 17.6. The topological polar surface area (TPSA) is 98.8 Å². The van der Waals surface area contributed by atoms with Gasteiger partial charge in [-0.05, 0) is 31.5 Å². The number of hydrogen-bond donors (Lipinski definition) is 1. The van der Waals surface area contributed by atoms with E-state index >= 15 is 0 Å². The summed E-state index contributed by atoms with van der Waals surface area (Å²) in [4.78, 5) is 23.9. The monoisotopic (exact) mass is 343 g/mol. The third-order valence-electron chi connectivity index (χ3n) is 3.12. The predicted molar refractivity (Wildman–Crippen MR) is 84.1 cm³/mol. The van der Waals surface area contributed by atoms with Crippen molar-refractivity contribution in [3.8, 4) is 0 Å². The summed E-state index contributed by atoms with van der Waals surface area (Å²) in [6.07, 6.45) is 0.0548. The van der Waals surface area contributed by atoms with E-state index in [0.29, 0.717) is 18.7 Å². The van der Waals surface area contributed by atoms with Gasteiger partial charge in [0.15, 0.2) is 15.9 Å². The van der Waals surface area contributed by atoms with E-state index in [0.717, 1.165) is 6.26 Å². The molecule has 128 valence electrons. The van der Waals surface area contributed by atoms with Crippen LogP contribution in [0, 0.1) is 6.92 Å². The minimum absolute atomic E-state index is 0.0206. The summed E-state index contributed by atoms with van der Waals surface area (Å²) in [6.45, 7) is 3.75. The normalized spacial score (nSPS) is 12.5. The second-order valence-corrected chi connectivity index (χ2v) is 7.10. The Morgan fingerprint density at radius 2 is 1.96 bits per heavy atom. The molecule has 0 saturated carbocycles. The number of nitrogens with one attached hydrogen (secondary N) is 1. The summed E-state index contributed by atoms with van der Waals surface area (Å²) in [7, 11) is -1.93. The van der Waals surface area contributed by atoms with Crippen molar-refractivity contribution in [1.29, 1.82) is 0 Å². The molecule has 0 bridgehead atoms. The predicted octanol–water partition coefficient (Wildman–Crippen LogP) is 0.706. The number of carbonyl (C=O) groups is 2. The molecular weight excluding hydrogens is 322 g/mol. The van der Waals surface area contributed by atoms with Crippen molar-refractivity contribution in [2.24, 2.45) is 0 Å². The van der Waals surface area contributed by atoms with Gasteiger partial charge in [-0.15, -0.1) is 0 Å². The maximum atomic E-state index is 12.2. The van der Waals surface area contributed by atoms with Crippen LogP contribution >= 0.6 is 0 Å². The fourth-order valence-corrected chi connectivity index (χ4v) is 2.40. The highest BCUT2D eigenvalue weighted by Gasteiger charge is 2.21. The van der Waals surface area contributed by atoms with Gasteiger partial charge in [0.05, 0.1) is 17.1 Å². The number of amides is 1. The molecule has 0 unspecified atom stereocenters. The lowest BCUT2D eigenvalue weighted by Gasteiger charge is -2.14. The van der Waals surface area contributed by atoms with Gasteiger partial charge in [0, 0.05) is 19.9 Å². The van der Waals surface area contributed by atoms with Gasteiger partial charge in [-0.25, -0.2) is 13.2 Å². The fraction of sp³-hybridized carbons (Fsp3) is 0.467. The van der Waals surface area contributed by atoms with Crippen LogP contribution < -0.4 is 5.32 Å². The van der Waals surface area contributed by atoms with Crippen molar-refractivity contribution >= 4 is 21.7 Å². The van der Waals surface area contributed by atoms with Crippen LogP contribution in [-0.4, -0.2) is 52.9 Å². The van der Waals surface area contributed by atoms with E-state index in [-0.39, 0.29) is 10.5 Å². The molecule has 1 aromatic rings. The molecule has 0 heterocycles. The Morgan fingerprint density at radius 3 is 2.52 bits per heavy atom. The van der Waals surface area contributed by atoms with Crippen molar-refractivity contribution in [1.82, 2.24) is 5.32 Å². The average molecular weight is 343 g/mol. The highest BCUT2D eigenvalue weighted by atomic mass is 32.2. The molecule has 0 aliphatic carbocycles. The molecule has 0 saturated heterocycles. The Hall–Kier alpha value is -1.93. The Balaban J connectivity index is 2.83. The zero-order valence-electron chi connectivity index (χ0n) is 13.6. The third-order valence-corrected chi connectivity index (χ3v) is 4.23. The smallest absolute Gasteiger partial charge is 0.339 e. The second kappa shape index (κ2) is 8.07. The molecule has 8 heteroatoms. The summed E-state index contributed by atoms with van der Waals surface area (Å²) >= 11 is 0.